The summed E-state index contributed by atoms with van der Waals surface area (Å²) in [7, 11) is -8.64. The van der Waals surface area contributed by atoms with Crippen molar-refractivity contribution in [2.45, 2.75) is 0 Å². The van der Waals surface area contributed by atoms with Crippen molar-refractivity contribution in [2.75, 3.05) is 12.3 Å². The molecule has 0 rings (SSSR count). The average Bonchev–Trinajstić information content (AvgIpc) is 1.72. The molecule has 6 N–H and O–H groups in total. The predicted molar refractivity (Wildman–Crippen MR) is 49.1 cm³/mol. The van der Waals surface area contributed by atoms with Crippen LogP contribution in [0.5, 0.6) is 0 Å². The van der Waals surface area contributed by atoms with Gasteiger partial charge in [0.2, 0.25) is 0 Å². The molecule has 0 saturated heterocycles. The molecule has 0 atom stereocenters. The van der Waals surface area contributed by atoms with Crippen LogP contribution in [0.2, 0.25) is 0 Å². The molecule has 0 spiro atoms. The van der Waals surface area contributed by atoms with E-state index in [9.17, 15) is 18.7 Å². The van der Waals surface area contributed by atoms with Crippen LogP contribution in [0.15, 0.2) is 0 Å². The minimum absolute atomic E-state index is 0. The molecule has 13 heteroatoms. The Labute approximate surface area is 105 Å². The first kappa shape index (κ1) is 22.0. The Morgan fingerprint density at radius 3 is 0.941 bits per heavy atom. The number of rotatable bonds is 4. The number of carboxylic acids is 2. The molecule has 0 aliphatic rings. The summed E-state index contributed by atoms with van der Waals surface area (Å²) in [5, 5.41) is 15.5. The largest absolute Gasteiger partial charge is 0.481 e. The smallest absolute Gasteiger partial charge is 0.336 e. The molecule has 0 aliphatic heterocycles. The van der Waals surface area contributed by atoms with E-state index in [0.29, 0.717) is 0 Å². The van der Waals surface area contributed by atoms with E-state index in [1.54, 1.807) is 0 Å². The molecule has 0 unspecified atom stereocenters. The van der Waals surface area contributed by atoms with Crippen LogP contribution in [0, 0.1) is 0 Å². The summed E-state index contributed by atoms with van der Waals surface area (Å²) in [6, 6.07) is 0. The Kier molecular flexibility index (Phi) is 11.4. The van der Waals surface area contributed by atoms with E-state index in [4.69, 9.17) is 29.8 Å². The maximum Gasteiger partial charge on any atom is 0.336 e. The molecule has 0 bridgehead atoms. The Hall–Kier alpha value is -0.241. The van der Waals surface area contributed by atoms with Crippen molar-refractivity contribution in [2.24, 2.45) is 0 Å². The number of hydrogen-bond donors (Lipinski definition) is 6. The van der Waals surface area contributed by atoms with Gasteiger partial charge in [0, 0.05) is 17.1 Å². The molecule has 0 saturated carbocycles. The van der Waals surface area contributed by atoms with Crippen LogP contribution in [0.25, 0.3) is 0 Å². The second kappa shape index (κ2) is 8.79. The molecule has 17 heavy (non-hydrogen) atoms. The van der Waals surface area contributed by atoms with Crippen molar-refractivity contribution < 1.29 is 65.6 Å². The molecule has 10 nitrogen and oxygen atoms in total. The fourth-order valence-electron chi connectivity index (χ4n) is 0.352. The van der Waals surface area contributed by atoms with Crippen molar-refractivity contribution in [1.82, 2.24) is 0 Å². The Morgan fingerprint density at radius 1 is 0.765 bits per heavy atom. The first-order chi connectivity index (χ1) is 6.83. The van der Waals surface area contributed by atoms with E-state index < -0.39 is 39.5 Å². The quantitative estimate of drug-likeness (QED) is 0.258. The zero-order valence-corrected chi connectivity index (χ0v) is 10.7. The van der Waals surface area contributed by atoms with Crippen LogP contribution in [0.4, 0.5) is 0 Å². The van der Waals surface area contributed by atoms with E-state index in [0.717, 1.165) is 0 Å². The molecule has 1 radical (unpaired) electrons. The molecule has 0 fully saturated rings. The van der Waals surface area contributed by atoms with E-state index in [1.807, 2.05) is 0 Å². The summed E-state index contributed by atoms with van der Waals surface area (Å²) >= 11 is 0. The summed E-state index contributed by atoms with van der Waals surface area (Å²) < 4.78 is 19.5. The van der Waals surface area contributed by atoms with Gasteiger partial charge in [-0.2, -0.15) is 0 Å². The summed E-state index contributed by atoms with van der Waals surface area (Å²) in [6.07, 6.45) is -2.18. The number of aliphatic carboxylic acids is 2. The Bertz CT molecular complexity index is 306. The first-order valence-electron chi connectivity index (χ1n) is 3.36. The minimum Gasteiger partial charge on any atom is -0.481 e. The minimum atomic E-state index is -4.32. The van der Waals surface area contributed by atoms with E-state index in [2.05, 4.69) is 0 Å². The summed E-state index contributed by atoms with van der Waals surface area (Å²) in [6.45, 7) is 0. The summed E-state index contributed by atoms with van der Waals surface area (Å²) in [5.41, 5.74) is 0. The molecule has 0 aliphatic carbocycles. The van der Waals surface area contributed by atoms with Gasteiger partial charge in [-0.15, -0.1) is 0 Å². The van der Waals surface area contributed by atoms with Crippen LogP contribution in [-0.4, -0.2) is 54.0 Å². The topological polar surface area (TPSA) is 190 Å². The second-order valence-corrected chi connectivity index (χ2v) is 5.72. The van der Waals surface area contributed by atoms with Crippen LogP contribution in [0.1, 0.15) is 0 Å². The first-order valence-corrected chi connectivity index (χ1v) is 6.96. The van der Waals surface area contributed by atoms with E-state index >= 15 is 0 Å². The Balaban J connectivity index is -0.000000218. The van der Waals surface area contributed by atoms with Crippen molar-refractivity contribution >= 4 is 27.1 Å². The zero-order valence-electron chi connectivity index (χ0n) is 7.93. The van der Waals surface area contributed by atoms with Gasteiger partial charge in [-0.25, -0.2) is 0 Å². The SMILES string of the molecule is O=C(O)CP(=O)(O)O.O=C(O)CP(=O)(O)O.[Cu]. The maximum absolute atomic E-state index is 9.76. The number of hydrogen-bond acceptors (Lipinski definition) is 4. The Morgan fingerprint density at radius 2 is 0.941 bits per heavy atom. The van der Waals surface area contributed by atoms with Crippen molar-refractivity contribution in [3.63, 3.8) is 0 Å². The van der Waals surface area contributed by atoms with Gasteiger partial charge in [0.25, 0.3) is 0 Å². The molecular weight excluding hydrogens is 334 g/mol. The fraction of sp³-hybridized carbons (Fsp3) is 0.500. The van der Waals surface area contributed by atoms with Gasteiger partial charge < -0.3 is 29.8 Å². The van der Waals surface area contributed by atoms with E-state index in [-0.39, 0.29) is 17.1 Å². The van der Waals surface area contributed by atoms with Gasteiger partial charge >= 0.3 is 27.1 Å². The van der Waals surface area contributed by atoms with Crippen LogP contribution < -0.4 is 0 Å². The van der Waals surface area contributed by atoms with Gasteiger partial charge in [0.15, 0.2) is 0 Å². The number of carbonyl (C=O) groups is 2. The van der Waals surface area contributed by atoms with Crippen molar-refractivity contribution in [1.29, 1.82) is 0 Å². The van der Waals surface area contributed by atoms with Crippen LogP contribution in [0.3, 0.4) is 0 Å². The molecule has 0 aromatic rings. The molecular formula is C4H10CuO10P2. The van der Waals surface area contributed by atoms with Gasteiger partial charge in [0.1, 0.15) is 12.3 Å². The van der Waals surface area contributed by atoms with Crippen molar-refractivity contribution in [3.8, 4) is 0 Å². The maximum atomic E-state index is 9.76. The molecule has 0 aromatic carbocycles. The normalized spacial score (nSPS) is 10.6. The third-order valence-corrected chi connectivity index (χ3v) is 2.05. The monoisotopic (exact) mass is 343 g/mol. The van der Waals surface area contributed by atoms with Crippen molar-refractivity contribution in [3.05, 3.63) is 0 Å². The predicted octanol–water partition coefficient (Wildman–Crippen LogP) is -1.51. The fourth-order valence-corrected chi connectivity index (χ4v) is 1.06. The zero-order chi connectivity index (χ0) is 13.6. The third-order valence-electron chi connectivity index (χ3n) is 0.682. The summed E-state index contributed by atoms with van der Waals surface area (Å²) in [5.74, 6) is -2.98. The van der Waals surface area contributed by atoms with Gasteiger partial charge in [-0.1, -0.05) is 0 Å². The third kappa shape index (κ3) is 31.3. The second-order valence-electron chi connectivity index (χ2n) is 2.43. The van der Waals surface area contributed by atoms with Crippen LogP contribution in [-0.2, 0) is 35.8 Å². The van der Waals surface area contributed by atoms with Gasteiger partial charge in [-0.05, 0) is 0 Å². The average molecular weight is 344 g/mol. The van der Waals surface area contributed by atoms with Gasteiger partial charge in [-0.3, -0.25) is 18.7 Å². The van der Waals surface area contributed by atoms with Gasteiger partial charge in [0.05, 0.1) is 0 Å². The molecule has 107 valence electrons. The summed E-state index contributed by atoms with van der Waals surface area (Å²) in [4.78, 5) is 50.7. The molecule has 0 aromatic heterocycles. The molecule has 0 heterocycles. The molecule has 0 amide bonds. The number of carboxylic acid groups (broad SMARTS) is 2. The van der Waals surface area contributed by atoms with E-state index in [1.165, 1.54) is 0 Å². The van der Waals surface area contributed by atoms with Crippen LogP contribution >= 0.6 is 15.2 Å². The standard InChI is InChI=1S/2C2H5O5P.Cu/c2*3-2(4)1-8(5,6)7;/h2*1H2,(H,3,4)(H2,5,6,7);.